The molecule has 0 unspecified atom stereocenters. The fourth-order valence-electron chi connectivity index (χ4n) is 2.58. The molecule has 6 heteroatoms. The quantitative estimate of drug-likeness (QED) is 0.906. The van der Waals surface area contributed by atoms with Crippen molar-refractivity contribution in [3.8, 4) is 5.75 Å². The third kappa shape index (κ3) is 3.71. The Morgan fingerprint density at radius 1 is 1.33 bits per heavy atom. The van der Waals surface area contributed by atoms with Gasteiger partial charge in [0.15, 0.2) is 6.61 Å². The molecule has 1 heterocycles. The molecular weight excluding hydrogens is 311 g/mol. The number of rotatable bonds is 4. The average molecular weight is 328 g/mol. The van der Waals surface area contributed by atoms with E-state index in [0.29, 0.717) is 17.0 Å². The summed E-state index contributed by atoms with van der Waals surface area (Å²) in [4.78, 5) is 23.5. The molecule has 5 nitrogen and oxygen atoms in total. The van der Waals surface area contributed by atoms with E-state index in [1.807, 2.05) is 13.0 Å². The summed E-state index contributed by atoms with van der Waals surface area (Å²) in [5.74, 6) is -0.163. The molecule has 1 aliphatic rings. The molecular formula is C18H17FN2O3. The van der Waals surface area contributed by atoms with E-state index in [1.54, 1.807) is 24.3 Å². The molecule has 124 valence electrons. The summed E-state index contributed by atoms with van der Waals surface area (Å²) in [6.45, 7) is 1.85. The highest BCUT2D eigenvalue weighted by molar-refractivity contribution is 5.95. The van der Waals surface area contributed by atoms with Crippen LogP contribution in [-0.4, -0.2) is 18.4 Å². The Hall–Kier alpha value is -2.89. The summed E-state index contributed by atoms with van der Waals surface area (Å²) in [7, 11) is 0. The lowest BCUT2D eigenvalue weighted by molar-refractivity contribution is -0.121. The number of nitrogens with one attached hydrogen (secondary N) is 2. The van der Waals surface area contributed by atoms with Crippen LogP contribution >= 0.6 is 0 Å². The van der Waals surface area contributed by atoms with Crippen LogP contribution in [0.3, 0.4) is 0 Å². The highest BCUT2D eigenvalue weighted by atomic mass is 19.1. The van der Waals surface area contributed by atoms with Crippen molar-refractivity contribution < 1.29 is 18.7 Å². The highest BCUT2D eigenvalue weighted by Gasteiger charge is 2.18. The molecule has 0 saturated carbocycles. The molecule has 2 N–H and O–H groups in total. The molecule has 0 spiro atoms. The summed E-state index contributed by atoms with van der Waals surface area (Å²) in [5.41, 5.74) is 2.05. The first-order valence-corrected chi connectivity index (χ1v) is 7.61. The van der Waals surface area contributed by atoms with Crippen LogP contribution in [-0.2, 0) is 16.0 Å². The summed E-state index contributed by atoms with van der Waals surface area (Å²) < 4.78 is 18.5. The van der Waals surface area contributed by atoms with Crippen molar-refractivity contribution in [3.63, 3.8) is 0 Å². The maximum atomic E-state index is 13.2. The molecule has 0 radical (unpaired) electrons. The van der Waals surface area contributed by atoms with E-state index in [9.17, 15) is 14.0 Å². The molecule has 3 rings (SSSR count). The SMILES string of the molecule is C[C@H](NC(=O)Cc1cccc(F)c1)c1ccc2c(c1)NC(=O)CO2. The second-order valence-electron chi connectivity index (χ2n) is 5.69. The minimum absolute atomic E-state index is 0.00622. The van der Waals surface area contributed by atoms with E-state index in [2.05, 4.69) is 10.6 Å². The zero-order valence-corrected chi connectivity index (χ0v) is 13.1. The van der Waals surface area contributed by atoms with Gasteiger partial charge in [-0.05, 0) is 42.3 Å². The number of halogens is 1. The number of hydrogen-bond acceptors (Lipinski definition) is 3. The van der Waals surface area contributed by atoms with Crippen LogP contribution in [0.25, 0.3) is 0 Å². The minimum atomic E-state index is -0.362. The zero-order valence-electron chi connectivity index (χ0n) is 13.1. The fourth-order valence-corrected chi connectivity index (χ4v) is 2.58. The van der Waals surface area contributed by atoms with Gasteiger partial charge in [0.05, 0.1) is 18.2 Å². The number of benzene rings is 2. The molecule has 2 aromatic rings. The van der Waals surface area contributed by atoms with Gasteiger partial charge in [-0.15, -0.1) is 0 Å². The van der Waals surface area contributed by atoms with Gasteiger partial charge < -0.3 is 15.4 Å². The predicted molar refractivity (Wildman–Crippen MR) is 87.2 cm³/mol. The highest BCUT2D eigenvalue weighted by Crippen LogP contribution is 2.30. The predicted octanol–water partition coefficient (Wildman–Crippen LogP) is 2.58. The first-order chi connectivity index (χ1) is 11.5. The lowest BCUT2D eigenvalue weighted by atomic mass is 10.1. The normalized spacial score (nSPS) is 14.2. The minimum Gasteiger partial charge on any atom is -0.482 e. The number of carbonyl (C=O) groups is 2. The van der Waals surface area contributed by atoms with Gasteiger partial charge in [0, 0.05) is 0 Å². The molecule has 0 aromatic heterocycles. The molecule has 2 aromatic carbocycles. The number of ether oxygens (including phenoxy) is 1. The molecule has 0 saturated heterocycles. The standard InChI is InChI=1S/C18H17FN2O3/c1-11(20-17(22)8-12-3-2-4-14(19)7-12)13-5-6-16-15(9-13)21-18(23)10-24-16/h2-7,9,11H,8,10H2,1H3,(H,20,22)(H,21,23)/t11-/m0/s1. The van der Waals surface area contributed by atoms with Gasteiger partial charge in [0.25, 0.3) is 5.91 Å². The summed E-state index contributed by atoms with van der Waals surface area (Å²) in [6, 6.07) is 11.1. The Morgan fingerprint density at radius 3 is 2.96 bits per heavy atom. The Kier molecular flexibility index (Phi) is 4.46. The van der Waals surface area contributed by atoms with Crippen LogP contribution in [0.2, 0.25) is 0 Å². The summed E-state index contributed by atoms with van der Waals surface area (Å²) >= 11 is 0. The van der Waals surface area contributed by atoms with Crippen LogP contribution in [0, 0.1) is 5.82 Å². The van der Waals surface area contributed by atoms with Gasteiger partial charge in [-0.1, -0.05) is 18.2 Å². The Bertz CT molecular complexity index is 792. The van der Waals surface area contributed by atoms with Crippen molar-refractivity contribution in [2.24, 2.45) is 0 Å². The third-order valence-corrected chi connectivity index (χ3v) is 3.77. The smallest absolute Gasteiger partial charge is 0.262 e. The number of hydrogen-bond donors (Lipinski definition) is 2. The number of fused-ring (bicyclic) bond motifs is 1. The molecule has 2 amide bonds. The van der Waals surface area contributed by atoms with Crippen LogP contribution in [0.5, 0.6) is 5.75 Å². The van der Waals surface area contributed by atoms with Crippen LogP contribution in [0.15, 0.2) is 42.5 Å². The maximum Gasteiger partial charge on any atom is 0.262 e. The molecule has 0 aliphatic carbocycles. The number of carbonyl (C=O) groups excluding carboxylic acids is 2. The zero-order chi connectivity index (χ0) is 17.1. The summed E-state index contributed by atoms with van der Waals surface area (Å²) in [6.07, 6.45) is 0.104. The molecule has 0 fully saturated rings. The molecule has 1 atom stereocenters. The molecule has 1 aliphatic heterocycles. The lowest BCUT2D eigenvalue weighted by Crippen LogP contribution is -2.29. The lowest BCUT2D eigenvalue weighted by Gasteiger charge is -2.21. The van der Waals surface area contributed by atoms with Crippen LogP contribution < -0.4 is 15.4 Å². The monoisotopic (exact) mass is 328 g/mol. The van der Waals surface area contributed by atoms with E-state index >= 15 is 0 Å². The van der Waals surface area contributed by atoms with E-state index < -0.39 is 0 Å². The largest absolute Gasteiger partial charge is 0.482 e. The number of amides is 2. The number of anilines is 1. The molecule has 0 bridgehead atoms. The summed E-state index contributed by atoms with van der Waals surface area (Å²) in [5, 5.41) is 5.60. The van der Waals surface area contributed by atoms with Crippen molar-refractivity contribution in [2.75, 3.05) is 11.9 Å². The van der Waals surface area contributed by atoms with Crippen molar-refractivity contribution in [1.82, 2.24) is 5.32 Å². The van der Waals surface area contributed by atoms with Gasteiger partial charge in [-0.3, -0.25) is 9.59 Å². The fraction of sp³-hybridized carbons (Fsp3) is 0.222. The van der Waals surface area contributed by atoms with E-state index in [-0.39, 0.29) is 36.7 Å². The topological polar surface area (TPSA) is 67.4 Å². The van der Waals surface area contributed by atoms with Gasteiger partial charge in [0.2, 0.25) is 5.91 Å². The average Bonchev–Trinajstić information content (AvgIpc) is 2.54. The first-order valence-electron chi connectivity index (χ1n) is 7.61. The second kappa shape index (κ2) is 6.70. The van der Waals surface area contributed by atoms with Gasteiger partial charge in [-0.2, -0.15) is 0 Å². The van der Waals surface area contributed by atoms with Crippen molar-refractivity contribution in [3.05, 3.63) is 59.4 Å². The van der Waals surface area contributed by atoms with Crippen LogP contribution in [0.4, 0.5) is 10.1 Å². The maximum absolute atomic E-state index is 13.2. The Balaban J connectivity index is 1.66. The van der Waals surface area contributed by atoms with Gasteiger partial charge in [0.1, 0.15) is 11.6 Å². The van der Waals surface area contributed by atoms with Gasteiger partial charge in [-0.25, -0.2) is 4.39 Å². The third-order valence-electron chi connectivity index (χ3n) is 3.77. The van der Waals surface area contributed by atoms with E-state index in [4.69, 9.17) is 4.74 Å². The van der Waals surface area contributed by atoms with Gasteiger partial charge >= 0.3 is 0 Å². The Morgan fingerprint density at radius 2 is 2.17 bits per heavy atom. The van der Waals surface area contributed by atoms with E-state index in [1.165, 1.54) is 12.1 Å². The van der Waals surface area contributed by atoms with Crippen molar-refractivity contribution >= 4 is 17.5 Å². The first kappa shape index (κ1) is 16.0. The van der Waals surface area contributed by atoms with Crippen molar-refractivity contribution in [2.45, 2.75) is 19.4 Å². The molecule has 24 heavy (non-hydrogen) atoms. The second-order valence-corrected chi connectivity index (χ2v) is 5.69. The Labute approximate surface area is 138 Å². The van der Waals surface area contributed by atoms with Crippen molar-refractivity contribution in [1.29, 1.82) is 0 Å². The van der Waals surface area contributed by atoms with E-state index in [0.717, 1.165) is 5.56 Å². The van der Waals surface area contributed by atoms with Crippen LogP contribution in [0.1, 0.15) is 24.1 Å².